The molecule has 5 rings (SSSR count). The lowest BCUT2D eigenvalue weighted by Gasteiger charge is -2.19. The average molecular weight is 411 g/mol. The van der Waals surface area contributed by atoms with Crippen LogP contribution in [0.3, 0.4) is 0 Å². The Labute approximate surface area is 170 Å². The molecule has 1 aliphatic rings. The fraction of sp³-hybridized carbons (Fsp3) is 0.150. The summed E-state index contributed by atoms with van der Waals surface area (Å²) < 4.78 is 11.9. The van der Waals surface area contributed by atoms with Crippen LogP contribution in [0.5, 0.6) is 11.5 Å². The van der Waals surface area contributed by atoms with Gasteiger partial charge in [-0.15, -0.1) is 11.3 Å². The Morgan fingerprint density at radius 3 is 2.79 bits per heavy atom. The molecule has 0 bridgehead atoms. The molecule has 0 unspecified atom stereocenters. The minimum atomic E-state index is 0.566. The normalized spacial score (nSPS) is 12.9. The van der Waals surface area contributed by atoms with Gasteiger partial charge in [0.25, 0.3) is 0 Å². The highest BCUT2D eigenvalue weighted by atomic mass is 35.5. The predicted molar refractivity (Wildman–Crippen MR) is 110 cm³/mol. The Kier molecular flexibility index (Phi) is 4.46. The third kappa shape index (κ3) is 3.34. The monoisotopic (exact) mass is 410 g/mol. The molecule has 3 aromatic heterocycles. The fourth-order valence-electron chi connectivity index (χ4n) is 3.02. The first-order valence-corrected chi connectivity index (χ1v) is 9.96. The van der Waals surface area contributed by atoms with Crippen LogP contribution in [0.1, 0.15) is 5.56 Å². The molecule has 0 fully saturated rings. The zero-order valence-corrected chi connectivity index (χ0v) is 16.3. The number of hydrogen-bond acceptors (Lipinski definition) is 7. The molecule has 0 atom stereocenters. The number of aromatic nitrogens is 3. The summed E-state index contributed by atoms with van der Waals surface area (Å²) in [6.07, 6.45) is 1.73. The number of rotatable bonds is 4. The van der Waals surface area contributed by atoms with E-state index in [9.17, 15) is 0 Å². The van der Waals surface area contributed by atoms with Crippen LogP contribution in [0.2, 0.25) is 4.34 Å². The van der Waals surface area contributed by atoms with Crippen LogP contribution in [0, 0.1) is 0 Å². The maximum absolute atomic E-state index is 6.23. The molecule has 0 spiro atoms. The maximum Gasteiger partial charge on any atom is 0.181 e. The van der Waals surface area contributed by atoms with Gasteiger partial charge in [0, 0.05) is 12.7 Å². The molecule has 140 valence electrons. The van der Waals surface area contributed by atoms with Crippen LogP contribution >= 0.6 is 22.9 Å². The molecule has 4 heterocycles. The van der Waals surface area contributed by atoms with Crippen molar-refractivity contribution in [2.24, 2.45) is 0 Å². The van der Waals surface area contributed by atoms with Gasteiger partial charge in [-0.1, -0.05) is 23.7 Å². The summed E-state index contributed by atoms with van der Waals surface area (Å²) in [5, 5.41) is 4.30. The summed E-state index contributed by atoms with van der Waals surface area (Å²) >= 11 is 7.65. The maximum atomic E-state index is 6.23. The summed E-state index contributed by atoms with van der Waals surface area (Å²) in [7, 11) is 0. The largest absolute Gasteiger partial charge is 0.486 e. The molecule has 0 saturated heterocycles. The molecular formula is C20H15ClN4O2S. The minimum absolute atomic E-state index is 0.566. The van der Waals surface area contributed by atoms with Gasteiger partial charge in [-0.3, -0.25) is 4.98 Å². The van der Waals surface area contributed by atoms with Gasteiger partial charge in [-0.05, 0) is 35.9 Å². The van der Waals surface area contributed by atoms with Crippen molar-refractivity contribution in [2.75, 3.05) is 18.5 Å². The van der Waals surface area contributed by atoms with E-state index >= 15 is 0 Å². The van der Waals surface area contributed by atoms with Crippen molar-refractivity contribution in [2.45, 2.75) is 6.54 Å². The highest BCUT2D eigenvalue weighted by Gasteiger charge is 2.15. The van der Waals surface area contributed by atoms with Gasteiger partial charge < -0.3 is 14.8 Å². The highest BCUT2D eigenvalue weighted by Crippen LogP contribution is 2.34. The lowest BCUT2D eigenvalue weighted by Crippen LogP contribution is -2.15. The molecule has 0 saturated carbocycles. The van der Waals surface area contributed by atoms with Crippen LogP contribution in [0.15, 0.2) is 48.7 Å². The van der Waals surface area contributed by atoms with E-state index in [0.29, 0.717) is 29.9 Å². The molecule has 1 aromatic carbocycles. The summed E-state index contributed by atoms with van der Waals surface area (Å²) in [5.74, 6) is 2.84. The molecule has 0 amide bonds. The zero-order chi connectivity index (χ0) is 18.9. The molecule has 0 radical (unpaired) electrons. The van der Waals surface area contributed by atoms with Gasteiger partial charge in [0.1, 0.15) is 29.6 Å². The number of ether oxygens (including phenoxy) is 2. The molecule has 0 aliphatic carbocycles. The molecule has 1 N–H and O–H groups in total. The second-order valence-corrected chi connectivity index (χ2v) is 7.87. The van der Waals surface area contributed by atoms with E-state index in [0.717, 1.165) is 38.8 Å². The average Bonchev–Trinajstić information content (AvgIpc) is 3.12. The standard InChI is InChI=1S/C20H15ClN4O2S/c21-17-10-13-18(23-11-12-4-5-15-16(9-12)27-8-7-26-15)24-19(25-20(13)28-17)14-3-1-2-6-22-14/h1-6,9-10H,7-8,11H2,(H,23,24,25). The first kappa shape index (κ1) is 17.2. The number of anilines is 1. The Bertz CT molecular complexity index is 1150. The van der Waals surface area contributed by atoms with Gasteiger partial charge in [0.2, 0.25) is 0 Å². The number of hydrogen-bond donors (Lipinski definition) is 1. The van der Waals surface area contributed by atoms with E-state index in [1.54, 1.807) is 6.20 Å². The Balaban J connectivity index is 1.48. The topological polar surface area (TPSA) is 69.2 Å². The van der Waals surface area contributed by atoms with Crippen molar-refractivity contribution in [1.82, 2.24) is 15.0 Å². The van der Waals surface area contributed by atoms with Crippen LogP contribution in [-0.2, 0) is 6.54 Å². The lowest BCUT2D eigenvalue weighted by molar-refractivity contribution is 0.171. The highest BCUT2D eigenvalue weighted by molar-refractivity contribution is 7.22. The fourth-order valence-corrected chi connectivity index (χ4v) is 4.11. The van der Waals surface area contributed by atoms with Crippen molar-refractivity contribution in [1.29, 1.82) is 0 Å². The Morgan fingerprint density at radius 2 is 1.93 bits per heavy atom. The van der Waals surface area contributed by atoms with Crippen molar-refractivity contribution in [3.8, 4) is 23.0 Å². The van der Waals surface area contributed by atoms with Gasteiger partial charge in [-0.25, -0.2) is 9.97 Å². The number of benzene rings is 1. The number of nitrogens with zero attached hydrogens (tertiary/aromatic N) is 3. The molecule has 8 heteroatoms. The first-order valence-electron chi connectivity index (χ1n) is 8.77. The molecule has 1 aliphatic heterocycles. The third-order valence-corrected chi connectivity index (χ3v) is 5.48. The SMILES string of the molecule is Clc1cc2c(NCc3ccc4c(c3)OCCO4)nc(-c3ccccn3)nc2s1. The van der Waals surface area contributed by atoms with Crippen molar-refractivity contribution in [3.63, 3.8) is 0 Å². The van der Waals surface area contributed by atoms with E-state index in [4.69, 9.17) is 26.1 Å². The van der Waals surface area contributed by atoms with Crippen molar-refractivity contribution < 1.29 is 9.47 Å². The molecule has 6 nitrogen and oxygen atoms in total. The number of nitrogens with one attached hydrogen (secondary N) is 1. The van der Waals surface area contributed by atoms with Crippen LogP contribution in [0.4, 0.5) is 5.82 Å². The first-order chi connectivity index (χ1) is 13.8. The van der Waals surface area contributed by atoms with Gasteiger partial charge >= 0.3 is 0 Å². The number of fused-ring (bicyclic) bond motifs is 2. The van der Waals surface area contributed by atoms with Crippen LogP contribution < -0.4 is 14.8 Å². The van der Waals surface area contributed by atoms with E-state index in [2.05, 4.69) is 15.3 Å². The Hall–Kier alpha value is -2.90. The lowest BCUT2D eigenvalue weighted by atomic mass is 10.2. The van der Waals surface area contributed by atoms with Crippen molar-refractivity contribution >= 4 is 39.0 Å². The van der Waals surface area contributed by atoms with E-state index in [-0.39, 0.29) is 0 Å². The smallest absolute Gasteiger partial charge is 0.181 e. The van der Waals surface area contributed by atoms with Gasteiger partial charge in [0.15, 0.2) is 17.3 Å². The Morgan fingerprint density at radius 1 is 1.04 bits per heavy atom. The number of halogens is 1. The van der Waals surface area contributed by atoms with Gasteiger partial charge in [-0.2, -0.15) is 0 Å². The second kappa shape index (κ2) is 7.26. The molecule has 4 aromatic rings. The molecule has 28 heavy (non-hydrogen) atoms. The second-order valence-electron chi connectivity index (χ2n) is 6.21. The summed E-state index contributed by atoms with van der Waals surface area (Å²) in [5.41, 5.74) is 1.79. The number of thiophene rings is 1. The summed E-state index contributed by atoms with van der Waals surface area (Å²) in [4.78, 5) is 14.5. The quantitative estimate of drug-likeness (QED) is 0.521. The summed E-state index contributed by atoms with van der Waals surface area (Å²) in [6.45, 7) is 1.73. The van der Waals surface area contributed by atoms with Crippen LogP contribution in [-0.4, -0.2) is 28.2 Å². The molecular weight excluding hydrogens is 396 g/mol. The van der Waals surface area contributed by atoms with Crippen LogP contribution in [0.25, 0.3) is 21.7 Å². The number of pyridine rings is 1. The third-order valence-electron chi connectivity index (χ3n) is 4.32. The minimum Gasteiger partial charge on any atom is -0.486 e. The summed E-state index contributed by atoms with van der Waals surface area (Å²) in [6, 6.07) is 13.5. The van der Waals surface area contributed by atoms with Crippen molar-refractivity contribution in [3.05, 3.63) is 58.6 Å². The van der Waals surface area contributed by atoms with E-state index in [1.807, 2.05) is 42.5 Å². The van der Waals surface area contributed by atoms with Gasteiger partial charge in [0.05, 0.1) is 9.72 Å². The van der Waals surface area contributed by atoms with E-state index < -0.39 is 0 Å². The van der Waals surface area contributed by atoms with E-state index in [1.165, 1.54) is 11.3 Å². The predicted octanol–water partition coefficient (Wildman–Crippen LogP) is 4.79. The zero-order valence-electron chi connectivity index (χ0n) is 14.7.